The first-order chi connectivity index (χ1) is 8.29. The molecule has 0 aromatic carbocycles. The molecule has 1 saturated heterocycles. The SMILES string of the molecule is CNC1CCC(NC(=O)N2CCCCC2)CC1. The molecule has 2 fully saturated rings. The average molecular weight is 239 g/mol. The Morgan fingerprint density at radius 1 is 1.00 bits per heavy atom. The van der Waals surface area contributed by atoms with E-state index in [2.05, 4.69) is 10.6 Å². The van der Waals surface area contributed by atoms with Crippen LogP contribution in [0.2, 0.25) is 0 Å². The lowest BCUT2D eigenvalue weighted by atomic mass is 9.91. The van der Waals surface area contributed by atoms with Gasteiger partial charge in [-0.2, -0.15) is 0 Å². The zero-order valence-corrected chi connectivity index (χ0v) is 10.9. The summed E-state index contributed by atoms with van der Waals surface area (Å²) in [6.45, 7) is 1.88. The van der Waals surface area contributed by atoms with Gasteiger partial charge in [0.05, 0.1) is 0 Å². The van der Waals surface area contributed by atoms with Crippen molar-refractivity contribution in [1.82, 2.24) is 15.5 Å². The first-order valence-electron chi connectivity index (χ1n) is 7.02. The highest BCUT2D eigenvalue weighted by Gasteiger charge is 2.23. The van der Waals surface area contributed by atoms with Crippen molar-refractivity contribution in [3.05, 3.63) is 0 Å². The molecule has 2 rings (SSSR count). The minimum atomic E-state index is 0.164. The first-order valence-corrected chi connectivity index (χ1v) is 7.02. The molecule has 0 bridgehead atoms. The van der Waals surface area contributed by atoms with Crippen molar-refractivity contribution in [1.29, 1.82) is 0 Å². The molecule has 0 unspecified atom stereocenters. The number of nitrogens with one attached hydrogen (secondary N) is 2. The Bertz CT molecular complexity index is 243. The van der Waals surface area contributed by atoms with E-state index in [1.165, 1.54) is 32.1 Å². The Hall–Kier alpha value is -0.770. The number of carbonyl (C=O) groups is 1. The van der Waals surface area contributed by atoms with Crippen LogP contribution in [-0.2, 0) is 0 Å². The molecular formula is C13H25N3O. The minimum absolute atomic E-state index is 0.164. The van der Waals surface area contributed by atoms with Gasteiger partial charge < -0.3 is 15.5 Å². The van der Waals surface area contributed by atoms with E-state index in [4.69, 9.17) is 0 Å². The number of nitrogens with zero attached hydrogens (tertiary/aromatic N) is 1. The smallest absolute Gasteiger partial charge is 0.317 e. The van der Waals surface area contributed by atoms with Crippen molar-refractivity contribution in [2.24, 2.45) is 0 Å². The minimum Gasteiger partial charge on any atom is -0.335 e. The Labute approximate surface area is 104 Å². The topological polar surface area (TPSA) is 44.4 Å². The molecule has 1 aliphatic carbocycles. The molecule has 2 N–H and O–H groups in total. The number of amides is 2. The van der Waals surface area contributed by atoms with Gasteiger partial charge in [-0.1, -0.05) is 0 Å². The van der Waals surface area contributed by atoms with Crippen LogP contribution < -0.4 is 10.6 Å². The van der Waals surface area contributed by atoms with E-state index in [9.17, 15) is 4.79 Å². The lowest BCUT2D eigenvalue weighted by Crippen LogP contribution is -2.48. The number of likely N-dealkylation sites (tertiary alicyclic amines) is 1. The maximum Gasteiger partial charge on any atom is 0.317 e. The van der Waals surface area contributed by atoms with E-state index in [0.29, 0.717) is 12.1 Å². The van der Waals surface area contributed by atoms with Gasteiger partial charge in [0, 0.05) is 25.2 Å². The third kappa shape index (κ3) is 3.60. The van der Waals surface area contributed by atoms with Gasteiger partial charge in [0.2, 0.25) is 0 Å². The number of rotatable bonds is 2. The molecule has 0 aromatic heterocycles. The third-order valence-electron chi connectivity index (χ3n) is 4.11. The molecule has 1 aliphatic heterocycles. The molecule has 0 atom stereocenters. The van der Waals surface area contributed by atoms with Crippen molar-refractivity contribution in [2.45, 2.75) is 57.0 Å². The fourth-order valence-electron chi connectivity index (χ4n) is 2.89. The van der Waals surface area contributed by atoms with E-state index in [1.54, 1.807) is 0 Å². The summed E-state index contributed by atoms with van der Waals surface area (Å²) in [6, 6.07) is 1.21. The standard InChI is InChI=1S/C13H25N3O/c1-14-11-5-7-12(8-6-11)15-13(17)16-9-3-2-4-10-16/h11-12,14H,2-10H2,1H3,(H,15,17). The van der Waals surface area contributed by atoms with Gasteiger partial charge in [-0.05, 0) is 52.0 Å². The van der Waals surface area contributed by atoms with Crippen LogP contribution in [0.5, 0.6) is 0 Å². The summed E-state index contributed by atoms with van der Waals surface area (Å²) in [7, 11) is 2.03. The normalized spacial score (nSPS) is 30.1. The second kappa shape index (κ2) is 6.24. The lowest BCUT2D eigenvalue weighted by molar-refractivity contribution is 0.177. The van der Waals surface area contributed by atoms with Gasteiger partial charge in [-0.15, -0.1) is 0 Å². The highest BCUT2D eigenvalue weighted by atomic mass is 16.2. The molecule has 4 heteroatoms. The summed E-state index contributed by atoms with van der Waals surface area (Å²) in [5, 5.41) is 6.51. The van der Waals surface area contributed by atoms with Gasteiger partial charge in [0.25, 0.3) is 0 Å². The van der Waals surface area contributed by atoms with Crippen LogP contribution in [0.25, 0.3) is 0 Å². The van der Waals surface area contributed by atoms with E-state index in [-0.39, 0.29) is 6.03 Å². The number of hydrogen-bond acceptors (Lipinski definition) is 2. The summed E-state index contributed by atoms with van der Waals surface area (Å²) in [5.74, 6) is 0. The Morgan fingerprint density at radius 3 is 2.18 bits per heavy atom. The summed E-state index contributed by atoms with van der Waals surface area (Å²) in [5.41, 5.74) is 0. The highest BCUT2D eigenvalue weighted by Crippen LogP contribution is 2.19. The Balaban J connectivity index is 1.71. The van der Waals surface area contributed by atoms with Crippen molar-refractivity contribution in [3.8, 4) is 0 Å². The van der Waals surface area contributed by atoms with Crippen LogP contribution in [-0.4, -0.2) is 43.2 Å². The van der Waals surface area contributed by atoms with Crippen LogP contribution in [0.1, 0.15) is 44.9 Å². The first kappa shape index (κ1) is 12.7. The van der Waals surface area contributed by atoms with Crippen LogP contribution in [0.4, 0.5) is 4.79 Å². The summed E-state index contributed by atoms with van der Waals surface area (Å²) in [6.07, 6.45) is 8.20. The summed E-state index contributed by atoms with van der Waals surface area (Å²) < 4.78 is 0. The van der Waals surface area contributed by atoms with E-state index in [1.807, 2.05) is 11.9 Å². The van der Waals surface area contributed by atoms with Crippen LogP contribution in [0.15, 0.2) is 0 Å². The fourth-order valence-corrected chi connectivity index (χ4v) is 2.89. The van der Waals surface area contributed by atoms with E-state index in [0.717, 1.165) is 25.9 Å². The summed E-state index contributed by atoms with van der Waals surface area (Å²) in [4.78, 5) is 14.0. The lowest BCUT2D eigenvalue weighted by Gasteiger charge is -2.32. The molecular weight excluding hydrogens is 214 g/mol. The predicted molar refractivity (Wildman–Crippen MR) is 69.1 cm³/mol. The average Bonchev–Trinajstić information content (AvgIpc) is 2.40. The molecule has 1 saturated carbocycles. The zero-order valence-electron chi connectivity index (χ0n) is 10.9. The number of piperidine rings is 1. The van der Waals surface area contributed by atoms with Crippen molar-refractivity contribution in [2.75, 3.05) is 20.1 Å². The monoisotopic (exact) mass is 239 g/mol. The number of urea groups is 1. The van der Waals surface area contributed by atoms with Crippen LogP contribution in [0.3, 0.4) is 0 Å². The molecule has 0 radical (unpaired) electrons. The Kier molecular flexibility index (Phi) is 4.66. The molecule has 17 heavy (non-hydrogen) atoms. The van der Waals surface area contributed by atoms with Gasteiger partial charge in [-0.25, -0.2) is 4.79 Å². The van der Waals surface area contributed by atoms with Gasteiger partial charge >= 0.3 is 6.03 Å². The predicted octanol–water partition coefficient (Wildman–Crippen LogP) is 1.71. The Morgan fingerprint density at radius 2 is 1.59 bits per heavy atom. The number of carbonyl (C=O) groups excluding carboxylic acids is 1. The van der Waals surface area contributed by atoms with Crippen molar-refractivity contribution < 1.29 is 4.79 Å². The molecule has 4 nitrogen and oxygen atoms in total. The largest absolute Gasteiger partial charge is 0.335 e. The third-order valence-corrected chi connectivity index (χ3v) is 4.11. The number of hydrogen-bond donors (Lipinski definition) is 2. The molecule has 2 amide bonds. The molecule has 2 aliphatic rings. The van der Waals surface area contributed by atoms with E-state index < -0.39 is 0 Å². The van der Waals surface area contributed by atoms with Gasteiger partial charge in [0.15, 0.2) is 0 Å². The molecule has 98 valence electrons. The fraction of sp³-hybridized carbons (Fsp3) is 0.923. The second-order valence-corrected chi connectivity index (χ2v) is 5.33. The van der Waals surface area contributed by atoms with Crippen molar-refractivity contribution in [3.63, 3.8) is 0 Å². The second-order valence-electron chi connectivity index (χ2n) is 5.33. The zero-order chi connectivity index (χ0) is 12.1. The summed E-state index contributed by atoms with van der Waals surface area (Å²) >= 11 is 0. The van der Waals surface area contributed by atoms with Crippen LogP contribution in [0, 0.1) is 0 Å². The highest BCUT2D eigenvalue weighted by molar-refractivity contribution is 5.74. The maximum absolute atomic E-state index is 12.0. The van der Waals surface area contributed by atoms with E-state index >= 15 is 0 Å². The quantitative estimate of drug-likeness (QED) is 0.770. The van der Waals surface area contributed by atoms with Crippen LogP contribution >= 0.6 is 0 Å². The van der Waals surface area contributed by atoms with Gasteiger partial charge in [0.1, 0.15) is 0 Å². The van der Waals surface area contributed by atoms with Gasteiger partial charge in [-0.3, -0.25) is 0 Å². The molecule has 0 aromatic rings. The van der Waals surface area contributed by atoms with Crippen molar-refractivity contribution >= 4 is 6.03 Å². The molecule has 0 spiro atoms. The molecule has 1 heterocycles. The maximum atomic E-state index is 12.0.